The topological polar surface area (TPSA) is 90.2 Å². The summed E-state index contributed by atoms with van der Waals surface area (Å²) in [7, 11) is 0. The molecule has 4 unspecified atom stereocenters. The largest absolute Gasteiger partial charge is 0.394 e. The molecule has 0 bridgehead atoms. The lowest BCUT2D eigenvalue weighted by atomic mass is 9.67. The van der Waals surface area contributed by atoms with Gasteiger partial charge in [0.15, 0.2) is 0 Å². The lowest BCUT2D eigenvalue weighted by Crippen LogP contribution is -2.54. The van der Waals surface area contributed by atoms with Crippen LogP contribution in [0.4, 0.5) is 0 Å². The van der Waals surface area contributed by atoms with Crippen LogP contribution in [0.5, 0.6) is 0 Å². The minimum absolute atomic E-state index is 0.209. The third-order valence-corrected chi connectivity index (χ3v) is 5.88. The summed E-state index contributed by atoms with van der Waals surface area (Å²) in [5.74, 6) is -0.418. The Morgan fingerprint density at radius 2 is 1.32 bits per heavy atom. The number of hydrogen-bond acceptors (Lipinski definition) is 5. The quantitative estimate of drug-likeness (QED) is 0.358. The maximum Gasteiger partial charge on any atom is 0.0826 e. The van der Waals surface area contributed by atoms with E-state index in [1.165, 1.54) is 0 Å². The van der Waals surface area contributed by atoms with Crippen LogP contribution in [-0.4, -0.2) is 58.1 Å². The fraction of sp³-hybridized carbons (Fsp3) is 1.00. The van der Waals surface area contributed by atoms with Gasteiger partial charge in [-0.1, -0.05) is 52.4 Å². The van der Waals surface area contributed by atoms with E-state index in [0.29, 0.717) is 6.61 Å². The summed E-state index contributed by atoms with van der Waals surface area (Å²) in [4.78, 5) is 0. The van der Waals surface area contributed by atoms with Crippen LogP contribution in [0.25, 0.3) is 0 Å². The highest BCUT2D eigenvalue weighted by atomic mass is 16.5. The molecule has 150 valence electrons. The van der Waals surface area contributed by atoms with Crippen LogP contribution in [0, 0.1) is 11.8 Å². The molecule has 0 aliphatic carbocycles. The molecule has 1 aliphatic rings. The van der Waals surface area contributed by atoms with Gasteiger partial charge in [0, 0.05) is 18.4 Å². The zero-order chi connectivity index (χ0) is 18.7. The molecule has 5 heteroatoms. The standard InChI is InChI=1S/C20H40O5/c1-3-5-7-10-16(18(23)14-21)20(12-9-13-25-20)17(19(24)15-22)11-8-6-4-2/h16-19,21-24H,3-15H2,1-2H3. The molecule has 0 radical (unpaired) electrons. The summed E-state index contributed by atoms with van der Waals surface area (Å²) in [5, 5.41) is 40.3. The van der Waals surface area contributed by atoms with E-state index in [2.05, 4.69) is 13.8 Å². The van der Waals surface area contributed by atoms with E-state index in [1.54, 1.807) is 0 Å². The fourth-order valence-electron chi connectivity index (χ4n) is 4.55. The summed E-state index contributed by atoms with van der Waals surface area (Å²) < 4.78 is 6.23. The van der Waals surface area contributed by atoms with Crippen molar-refractivity contribution in [2.45, 2.75) is 95.9 Å². The van der Waals surface area contributed by atoms with Gasteiger partial charge in [0.2, 0.25) is 0 Å². The van der Waals surface area contributed by atoms with Gasteiger partial charge in [-0.2, -0.15) is 0 Å². The van der Waals surface area contributed by atoms with Crippen LogP contribution < -0.4 is 0 Å². The van der Waals surface area contributed by atoms with Crippen LogP contribution >= 0.6 is 0 Å². The molecular weight excluding hydrogens is 320 g/mol. The number of unbranched alkanes of at least 4 members (excludes halogenated alkanes) is 4. The summed E-state index contributed by atoms with van der Waals surface area (Å²) in [6, 6.07) is 0. The summed E-state index contributed by atoms with van der Waals surface area (Å²) >= 11 is 0. The third-order valence-electron chi connectivity index (χ3n) is 5.88. The Bertz CT molecular complexity index is 304. The predicted molar refractivity (Wildman–Crippen MR) is 99.4 cm³/mol. The molecule has 1 rings (SSSR count). The number of aliphatic hydroxyl groups excluding tert-OH is 4. The molecule has 1 fully saturated rings. The molecule has 0 spiro atoms. The van der Waals surface area contributed by atoms with Crippen LogP contribution in [0.15, 0.2) is 0 Å². The van der Waals surface area contributed by atoms with Gasteiger partial charge >= 0.3 is 0 Å². The lowest BCUT2D eigenvalue weighted by Gasteiger charge is -2.46. The number of hydrogen-bond donors (Lipinski definition) is 4. The van der Waals surface area contributed by atoms with E-state index in [9.17, 15) is 20.4 Å². The monoisotopic (exact) mass is 360 g/mol. The molecular formula is C20H40O5. The van der Waals surface area contributed by atoms with Gasteiger partial charge in [-0.3, -0.25) is 0 Å². The van der Waals surface area contributed by atoms with Crippen molar-refractivity contribution in [3.8, 4) is 0 Å². The molecule has 0 aromatic rings. The zero-order valence-electron chi connectivity index (χ0n) is 16.2. The first-order valence-corrected chi connectivity index (χ1v) is 10.3. The Balaban J connectivity index is 3.07. The van der Waals surface area contributed by atoms with Crippen molar-refractivity contribution in [1.82, 2.24) is 0 Å². The maximum absolute atomic E-state index is 10.5. The van der Waals surface area contributed by atoms with Crippen LogP contribution in [0.1, 0.15) is 78.1 Å². The van der Waals surface area contributed by atoms with Gasteiger partial charge < -0.3 is 25.2 Å². The van der Waals surface area contributed by atoms with Gasteiger partial charge in [-0.25, -0.2) is 0 Å². The highest BCUT2D eigenvalue weighted by Gasteiger charge is 2.52. The van der Waals surface area contributed by atoms with Crippen molar-refractivity contribution in [2.75, 3.05) is 19.8 Å². The van der Waals surface area contributed by atoms with Crippen molar-refractivity contribution in [3.05, 3.63) is 0 Å². The van der Waals surface area contributed by atoms with Gasteiger partial charge in [-0.05, 0) is 25.7 Å². The average molecular weight is 361 g/mol. The van der Waals surface area contributed by atoms with E-state index >= 15 is 0 Å². The molecule has 0 aromatic heterocycles. The van der Waals surface area contributed by atoms with Gasteiger partial charge in [0.1, 0.15) is 0 Å². The van der Waals surface area contributed by atoms with Gasteiger partial charge in [0.25, 0.3) is 0 Å². The van der Waals surface area contributed by atoms with Crippen molar-refractivity contribution in [1.29, 1.82) is 0 Å². The number of rotatable bonds is 14. The second-order valence-corrected chi connectivity index (χ2v) is 7.61. The van der Waals surface area contributed by atoms with Crippen molar-refractivity contribution in [3.63, 3.8) is 0 Å². The molecule has 5 nitrogen and oxygen atoms in total. The van der Waals surface area contributed by atoms with Gasteiger partial charge in [0.05, 0.1) is 31.0 Å². The fourth-order valence-corrected chi connectivity index (χ4v) is 4.55. The maximum atomic E-state index is 10.5. The van der Waals surface area contributed by atoms with Crippen molar-refractivity contribution in [2.24, 2.45) is 11.8 Å². The first-order valence-electron chi connectivity index (χ1n) is 10.3. The Kier molecular flexibility index (Phi) is 11.2. The van der Waals surface area contributed by atoms with E-state index in [-0.39, 0.29) is 25.0 Å². The van der Waals surface area contributed by atoms with E-state index < -0.39 is 17.8 Å². The number of aliphatic hydroxyl groups is 4. The third kappa shape index (κ3) is 6.17. The highest BCUT2D eigenvalue weighted by molar-refractivity contribution is 5.01. The van der Waals surface area contributed by atoms with Crippen LogP contribution in [0.2, 0.25) is 0 Å². The zero-order valence-corrected chi connectivity index (χ0v) is 16.2. The summed E-state index contributed by atoms with van der Waals surface area (Å²) in [6.07, 6.45) is 7.80. The Hall–Kier alpha value is -0.200. The first kappa shape index (κ1) is 22.8. The number of ether oxygens (including phenoxy) is 1. The second kappa shape index (κ2) is 12.2. The molecule has 4 atom stereocenters. The molecule has 0 saturated carbocycles. The predicted octanol–water partition coefficient (Wildman–Crippen LogP) is 2.64. The molecule has 0 amide bonds. The van der Waals surface area contributed by atoms with Crippen molar-refractivity contribution < 1.29 is 25.2 Å². The minimum Gasteiger partial charge on any atom is -0.394 e. The Morgan fingerprint density at radius 1 is 0.840 bits per heavy atom. The summed E-state index contributed by atoms with van der Waals surface area (Å²) in [5.41, 5.74) is -0.647. The average Bonchev–Trinajstić information content (AvgIpc) is 3.11. The van der Waals surface area contributed by atoms with Gasteiger partial charge in [-0.15, -0.1) is 0 Å². The Morgan fingerprint density at radius 3 is 1.64 bits per heavy atom. The van der Waals surface area contributed by atoms with Crippen LogP contribution in [-0.2, 0) is 4.74 Å². The lowest BCUT2D eigenvalue weighted by molar-refractivity contribution is -0.163. The highest BCUT2D eigenvalue weighted by Crippen LogP contribution is 2.46. The molecule has 1 saturated heterocycles. The van der Waals surface area contributed by atoms with Crippen molar-refractivity contribution >= 4 is 0 Å². The van der Waals surface area contributed by atoms with E-state index in [0.717, 1.165) is 64.2 Å². The smallest absolute Gasteiger partial charge is 0.0826 e. The molecule has 1 heterocycles. The molecule has 4 N–H and O–H groups in total. The normalized spacial score (nSPS) is 25.7. The SMILES string of the molecule is CCCCCC(C(O)CO)C1(C(CCCCC)C(O)CO)CCCO1. The van der Waals surface area contributed by atoms with E-state index in [1.807, 2.05) is 0 Å². The first-order chi connectivity index (χ1) is 12.1. The Labute approximate surface area is 153 Å². The van der Waals surface area contributed by atoms with E-state index in [4.69, 9.17) is 4.74 Å². The van der Waals surface area contributed by atoms with Crippen LogP contribution in [0.3, 0.4) is 0 Å². The summed E-state index contributed by atoms with van der Waals surface area (Å²) in [6.45, 7) is 4.31. The molecule has 1 aliphatic heterocycles. The minimum atomic E-state index is -0.852. The molecule has 25 heavy (non-hydrogen) atoms. The second-order valence-electron chi connectivity index (χ2n) is 7.61. The molecule has 0 aromatic carbocycles.